The Labute approximate surface area is 161 Å². The van der Waals surface area contributed by atoms with Crippen molar-refractivity contribution in [3.8, 4) is 0 Å². The number of carbonyl (C=O) groups excluding carboxylic acids is 1. The SMILES string of the molecule is CCC(CC)C(CNC(=O)c1csc(CN)n1)N1CCCC1.Cl.Cl. The molecule has 1 amide bonds. The third-order valence-electron chi connectivity index (χ3n) is 4.63. The lowest BCUT2D eigenvalue weighted by molar-refractivity contribution is 0.0913. The van der Waals surface area contributed by atoms with Gasteiger partial charge < -0.3 is 11.1 Å². The van der Waals surface area contributed by atoms with Crippen LogP contribution in [0.5, 0.6) is 0 Å². The van der Waals surface area contributed by atoms with E-state index < -0.39 is 0 Å². The highest BCUT2D eigenvalue weighted by molar-refractivity contribution is 7.09. The number of amides is 1. The zero-order chi connectivity index (χ0) is 15.9. The Morgan fingerprint density at radius 3 is 2.46 bits per heavy atom. The second-order valence-corrected chi connectivity index (χ2v) is 6.87. The zero-order valence-electron chi connectivity index (χ0n) is 14.5. The zero-order valence-corrected chi connectivity index (χ0v) is 16.9. The Morgan fingerprint density at radius 1 is 1.33 bits per heavy atom. The van der Waals surface area contributed by atoms with E-state index in [1.165, 1.54) is 24.2 Å². The summed E-state index contributed by atoms with van der Waals surface area (Å²) in [7, 11) is 0. The van der Waals surface area contributed by atoms with Gasteiger partial charge in [-0.25, -0.2) is 4.98 Å². The van der Waals surface area contributed by atoms with Crippen LogP contribution in [-0.2, 0) is 6.54 Å². The Balaban J connectivity index is 0.00000264. The summed E-state index contributed by atoms with van der Waals surface area (Å²) >= 11 is 1.45. The largest absolute Gasteiger partial charge is 0.349 e. The van der Waals surface area contributed by atoms with Crippen LogP contribution >= 0.6 is 36.2 Å². The minimum atomic E-state index is -0.0777. The van der Waals surface area contributed by atoms with Gasteiger partial charge in [0.2, 0.25) is 0 Å². The number of carbonyl (C=O) groups is 1. The van der Waals surface area contributed by atoms with Gasteiger partial charge in [-0.3, -0.25) is 9.69 Å². The first-order valence-electron chi connectivity index (χ1n) is 8.36. The van der Waals surface area contributed by atoms with E-state index in [-0.39, 0.29) is 30.7 Å². The van der Waals surface area contributed by atoms with Crippen LogP contribution in [0.15, 0.2) is 5.38 Å². The van der Waals surface area contributed by atoms with Crippen LogP contribution in [0.1, 0.15) is 55.0 Å². The summed E-state index contributed by atoms with van der Waals surface area (Å²) in [5, 5.41) is 5.68. The fourth-order valence-electron chi connectivity index (χ4n) is 3.30. The molecule has 2 rings (SSSR count). The predicted molar refractivity (Wildman–Crippen MR) is 106 cm³/mol. The minimum Gasteiger partial charge on any atom is -0.349 e. The molecule has 0 saturated carbocycles. The van der Waals surface area contributed by atoms with Crippen molar-refractivity contribution in [1.82, 2.24) is 15.2 Å². The molecule has 1 saturated heterocycles. The summed E-state index contributed by atoms with van der Waals surface area (Å²) in [6.45, 7) is 7.90. The number of aromatic nitrogens is 1. The van der Waals surface area contributed by atoms with E-state index in [4.69, 9.17) is 5.73 Å². The second kappa shape index (κ2) is 12.0. The predicted octanol–water partition coefficient (Wildman–Crippen LogP) is 3.08. The van der Waals surface area contributed by atoms with Crippen molar-refractivity contribution in [2.45, 2.75) is 52.1 Å². The van der Waals surface area contributed by atoms with Gasteiger partial charge in [-0.15, -0.1) is 36.2 Å². The van der Waals surface area contributed by atoms with Crippen molar-refractivity contribution >= 4 is 42.1 Å². The van der Waals surface area contributed by atoms with Crippen LogP contribution in [0.3, 0.4) is 0 Å². The normalized spacial score (nSPS) is 15.7. The molecule has 1 aromatic rings. The molecule has 24 heavy (non-hydrogen) atoms. The first kappa shape index (κ1) is 23.6. The van der Waals surface area contributed by atoms with E-state index in [2.05, 4.69) is 29.0 Å². The molecule has 2 heterocycles. The number of hydrogen-bond acceptors (Lipinski definition) is 5. The second-order valence-electron chi connectivity index (χ2n) is 5.93. The molecule has 1 aliphatic heterocycles. The third kappa shape index (κ3) is 6.15. The lowest BCUT2D eigenvalue weighted by Crippen LogP contribution is -2.46. The van der Waals surface area contributed by atoms with Crippen molar-refractivity contribution in [3.05, 3.63) is 16.1 Å². The molecule has 1 unspecified atom stereocenters. The fourth-order valence-corrected chi connectivity index (χ4v) is 3.95. The highest BCUT2D eigenvalue weighted by Crippen LogP contribution is 2.22. The molecule has 0 radical (unpaired) electrons. The highest BCUT2D eigenvalue weighted by atomic mass is 35.5. The number of rotatable bonds is 8. The van der Waals surface area contributed by atoms with Crippen molar-refractivity contribution < 1.29 is 4.79 Å². The summed E-state index contributed by atoms with van der Waals surface area (Å²) in [6, 6.07) is 0.439. The standard InChI is InChI=1S/C16H28N4OS.2ClH/c1-3-12(4-2)14(20-7-5-6-8-20)10-18-16(21)13-11-22-15(9-17)19-13;;/h11-12,14H,3-10,17H2,1-2H3,(H,18,21);2*1H. The van der Waals surface area contributed by atoms with Gasteiger partial charge in [0.05, 0.1) is 0 Å². The van der Waals surface area contributed by atoms with Gasteiger partial charge in [0.15, 0.2) is 0 Å². The van der Waals surface area contributed by atoms with Gasteiger partial charge >= 0.3 is 0 Å². The molecule has 0 bridgehead atoms. The van der Waals surface area contributed by atoms with E-state index in [1.807, 2.05) is 0 Å². The van der Waals surface area contributed by atoms with Crippen LogP contribution in [0.25, 0.3) is 0 Å². The number of halogens is 2. The maximum absolute atomic E-state index is 12.3. The van der Waals surface area contributed by atoms with E-state index in [1.54, 1.807) is 5.38 Å². The number of likely N-dealkylation sites (tertiary alicyclic amines) is 1. The summed E-state index contributed by atoms with van der Waals surface area (Å²) in [4.78, 5) is 19.1. The van der Waals surface area contributed by atoms with Crippen molar-refractivity contribution in [2.75, 3.05) is 19.6 Å². The molecule has 140 valence electrons. The van der Waals surface area contributed by atoms with Crippen molar-refractivity contribution in [2.24, 2.45) is 11.7 Å². The highest BCUT2D eigenvalue weighted by Gasteiger charge is 2.28. The average molecular weight is 397 g/mol. The van der Waals surface area contributed by atoms with Crippen LogP contribution in [-0.4, -0.2) is 41.5 Å². The van der Waals surface area contributed by atoms with Crippen LogP contribution in [0, 0.1) is 5.92 Å². The summed E-state index contributed by atoms with van der Waals surface area (Å²) in [5.74, 6) is 0.555. The molecule has 0 aliphatic carbocycles. The van der Waals surface area contributed by atoms with Crippen molar-refractivity contribution in [1.29, 1.82) is 0 Å². The van der Waals surface area contributed by atoms with Gasteiger partial charge in [0.1, 0.15) is 10.7 Å². The van der Waals surface area contributed by atoms with Crippen molar-refractivity contribution in [3.63, 3.8) is 0 Å². The lowest BCUT2D eigenvalue weighted by Gasteiger charge is -2.33. The van der Waals surface area contributed by atoms with Gasteiger partial charge in [-0.05, 0) is 31.8 Å². The molecule has 1 atom stereocenters. The number of nitrogens with zero attached hydrogens (tertiary/aromatic N) is 2. The quantitative estimate of drug-likeness (QED) is 0.707. The Kier molecular flexibility index (Phi) is 11.8. The summed E-state index contributed by atoms with van der Waals surface area (Å²) < 4.78 is 0. The summed E-state index contributed by atoms with van der Waals surface area (Å²) in [5.41, 5.74) is 6.05. The monoisotopic (exact) mass is 396 g/mol. The maximum Gasteiger partial charge on any atom is 0.270 e. The van der Waals surface area contributed by atoms with Gasteiger partial charge in [0, 0.05) is 24.5 Å². The maximum atomic E-state index is 12.3. The lowest BCUT2D eigenvalue weighted by atomic mass is 9.93. The Bertz CT molecular complexity index is 474. The topological polar surface area (TPSA) is 71.2 Å². The van der Waals surface area contributed by atoms with Crippen LogP contribution in [0.4, 0.5) is 0 Å². The third-order valence-corrected chi connectivity index (χ3v) is 5.50. The van der Waals surface area contributed by atoms with E-state index >= 15 is 0 Å². The Hall–Kier alpha value is -0.400. The minimum absolute atomic E-state index is 0. The van der Waals surface area contributed by atoms with E-state index in [9.17, 15) is 4.79 Å². The van der Waals surface area contributed by atoms with Gasteiger partial charge in [-0.2, -0.15) is 0 Å². The summed E-state index contributed by atoms with van der Waals surface area (Å²) in [6.07, 6.45) is 4.86. The van der Waals surface area contributed by atoms with E-state index in [0.717, 1.165) is 30.9 Å². The fraction of sp³-hybridized carbons (Fsp3) is 0.750. The molecule has 8 heteroatoms. The number of hydrogen-bond donors (Lipinski definition) is 2. The van der Waals surface area contributed by atoms with Gasteiger partial charge in [-0.1, -0.05) is 26.7 Å². The molecular formula is C16H30Cl2N4OS. The molecule has 5 nitrogen and oxygen atoms in total. The molecule has 1 fully saturated rings. The molecule has 1 aliphatic rings. The molecule has 3 N–H and O–H groups in total. The van der Waals surface area contributed by atoms with Crippen LogP contribution < -0.4 is 11.1 Å². The van der Waals surface area contributed by atoms with Crippen LogP contribution in [0.2, 0.25) is 0 Å². The van der Waals surface area contributed by atoms with Gasteiger partial charge in [0.25, 0.3) is 5.91 Å². The average Bonchev–Trinajstić information content (AvgIpc) is 3.22. The number of thiazole rings is 1. The number of nitrogens with one attached hydrogen (secondary N) is 1. The molecule has 1 aromatic heterocycles. The first-order chi connectivity index (χ1) is 10.7. The number of nitrogens with two attached hydrogens (primary N) is 1. The molecule has 0 aromatic carbocycles. The molecular weight excluding hydrogens is 367 g/mol. The Morgan fingerprint density at radius 2 is 1.96 bits per heavy atom. The first-order valence-corrected chi connectivity index (χ1v) is 9.24. The smallest absolute Gasteiger partial charge is 0.270 e. The van der Waals surface area contributed by atoms with E-state index in [0.29, 0.717) is 30.7 Å². The molecule has 0 spiro atoms.